The van der Waals surface area contributed by atoms with Gasteiger partial charge in [0.1, 0.15) is 5.75 Å². The fourth-order valence-corrected chi connectivity index (χ4v) is 5.04. The highest BCUT2D eigenvalue weighted by atomic mass is 35.5. The number of amides is 2. The third-order valence-corrected chi connectivity index (χ3v) is 6.76. The summed E-state index contributed by atoms with van der Waals surface area (Å²) in [5, 5.41) is 2.83. The van der Waals surface area contributed by atoms with Crippen molar-refractivity contribution in [3.8, 4) is 5.75 Å². The van der Waals surface area contributed by atoms with E-state index >= 15 is 0 Å². The van der Waals surface area contributed by atoms with Gasteiger partial charge in [0.15, 0.2) is 5.60 Å². The number of ether oxygens (including phenoxy) is 1. The molecular weight excluding hydrogens is 430 g/mol. The van der Waals surface area contributed by atoms with Gasteiger partial charge < -0.3 is 15.0 Å². The molecule has 0 fully saturated rings. The van der Waals surface area contributed by atoms with Crippen LogP contribution in [0.4, 0.5) is 17.1 Å². The van der Waals surface area contributed by atoms with E-state index in [1.807, 2.05) is 0 Å². The number of hydrogen-bond acceptors (Lipinski definition) is 5. The molecule has 2 aliphatic rings. The first-order chi connectivity index (χ1) is 14.0. The summed E-state index contributed by atoms with van der Waals surface area (Å²) < 4.78 is 34.2. The van der Waals surface area contributed by atoms with E-state index in [2.05, 4.69) is 10.0 Å². The minimum absolute atomic E-state index is 0.00587. The zero-order valence-electron chi connectivity index (χ0n) is 16.6. The Morgan fingerprint density at radius 1 is 1.17 bits per heavy atom. The van der Waals surface area contributed by atoms with Gasteiger partial charge in [-0.05, 0) is 50.1 Å². The molecule has 2 heterocycles. The van der Waals surface area contributed by atoms with Gasteiger partial charge in [0, 0.05) is 19.5 Å². The fraction of sp³-hybridized carbons (Fsp3) is 0.300. The number of carbonyl (C=O) groups is 2. The Bertz CT molecular complexity index is 1190. The molecule has 2 aliphatic heterocycles. The number of aryl methyl sites for hydroxylation is 1. The van der Waals surface area contributed by atoms with Crippen LogP contribution in [0.5, 0.6) is 5.75 Å². The molecule has 2 aromatic carbocycles. The van der Waals surface area contributed by atoms with Crippen molar-refractivity contribution < 1.29 is 22.7 Å². The lowest BCUT2D eigenvalue weighted by Crippen LogP contribution is -2.50. The Labute approximate surface area is 179 Å². The summed E-state index contributed by atoms with van der Waals surface area (Å²) in [7, 11) is -2.30. The number of sulfonamides is 1. The van der Waals surface area contributed by atoms with Crippen LogP contribution >= 0.6 is 11.6 Å². The van der Waals surface area contributed by atoms with Crippen LogP contribution in [-0.2, 0) is 26.0 Å². The molecule has 0 spiro atoms. The molecule has 8 nitrogen and oxygen atoms in total. The summed E-state index contributed by atoms with van der Waals surface area (Å²) >= 11 is 6.21. The monoisotopic (exact) mass is 449 g/mol. The van der Waals surface area contributed by atoms with Crippen molar-refractivity contribution >= 4 is 50.5 Å². The number of carbonyl (C=O) groups excluding carboxylic acids is 2. The molecule has 2 N–H and O–H groups in total. The standard InChI is InChI=1S/C20H20ClN3O5S/c1-20(2)19(26)24(3)15-6-5-12(9-16(15)29-20)23-30(27,28)13-8-11-4-7-17(25)22-18(11)14(21)10-13/h5-6,8-10,23H,4,7H2,1-3H3,(H,22,25). The highest BCUT2D eigenvalue weighted by Crippen LogP contribution is 2.39. The average Bonchev–Trinajstić information content (AvgIpc) is 2.66. The number of nitrogens with zero attached hydrogens (tertiary/aromatic N) is 1. The second kappa shape index (κ2) is 6.88. The molecule has 30 heavy (non-hydrogen) atoms. The van der Waals surface area contributed by atoms with Gasteiger partial charge in [-0.1, -0.05) is 11.6 Å². The van der Waals surface area contributed by atoms with E-state index in [4.69, 9.17) is 16.3 Å². The molecule has 158 valence electrons. The molecule has 0 saturated heterocycles. The minimum Gasteiger partial charge on any atom is -0.476 e. The Kier molecular flexibility index (Phi) is 4.70. The molecule has 0 aliphatic carbocycles. The molecule has 0 unspecified atom stereocenters. The maximum Gasteiger partial charge on any atom is 0.270 e. The zero-order valence-corrected chi connectivity index (χ0v) is 18.1. The third kappa shape index (κ3) is 3.48. The fourth-order valence-electron chi connectivity index (χ4n) is 3.56. The predicted octanol–water partition coefficient (Wildman–Crippen LogP) is 3.16. The molecule has 10 heteroatoms. The third-order valence-electron chi connectivity index (χ3n) is 5.10. The Morgan fingerprint density at radius 2 is 1.90 bits per heavy atom. The van der Waals surface area contributed by atoms with Crippen LogP contribution in [0.25, 0.3) is 0 Å². The number of hydrogen-bond donors (Lipinski definition) is 2. The number of halogens is 1. The van der Waals surface area contributed by atoms with Crippen LogP contribution in [0.1, 0.15) is 25.8 Å². The lowest BCUT2D eigenvalue weighted by molar-refractivity contribution is -0.132. The first-order valence-corrected chi connectivity index (χ1v) is 11.1. The van der Waals surface area contributed by atoms with Gasteiger partial charge in [-0.25, -0.2) is 8.42 Å². The van der Waals surface area contributed by atoms with Gasteiger partial charge >= 0.3 is 0 Å². The van der Waals surface area contributed by atoms with Crippen molar-refractivity contribution in [1.82, 2.24) is 0 Å². The molecule has 0 bridgehead atoms. The maximum atomic E-state index is 13.0. The lowest BCUT2D eigenvalue weighted by atomic mass is 10.0. The van der Waals surface area contributed by atoms with Crippen molar-refractivity contribution in [3.63, 3.8) is 0 Å². The van der Waals surface area contributed by atoms with Crippen LogP contribution in [-0.4, -0.2) is 32.9 Å². The summed E-state index contributed by atoms with van der Waals surface area (Å²) in [5.74, 6) is 0.0474. The summed E-state index contributed by atoms with van der Waals surface area (Å²) in [6, 6.07) is 7.53. The van der Waals surface area contributed by atoms with Gasteiger partial charge in [0.25, 0.3) is 15.9 Å². The molecule has 2 amide bonds. The summed E-state index contributed by atoms with van der Waals surface area (Å²) in [4.78, 5) is 25.4. The Balaban J connectivity index is 1.66. The van der Waals surface area contributed by atoms with Crippen molar-refractivity contribution in [2.75, 3.05) is 22.0 Å². The molecule has 2 aromatic rings. The van der Waals surface area contributed by atoms with Crippen LogP contribution in [0.3, 0.4) is 0 Å². The highest BCUT2D eigenvalue weighted by molar-refractivity contribution is 7.92. The second-order valence-corrected chi connectivity index (χ2v) is 9.84. The SMILES string of the molecule is CN1C(=O)C(C)(C)Oc2cc(NS(=O)(=O)c3cc(Cl)c4c(c3)CCC(=O)N4)ccc21. The lowest BCUT2D eigenvalue weighted by Gasteiger charge is -2.37. The molecular formula is C20H20ClN3O5S. The predicted molar refractivity (Wildman–Crippen MR) is 114 cm³/mol. The number of nitrogens with one attached hydrogen (secondary N) is 2. The smallest absolute Gasteiger partial charge is 0.270 e. The van der Waals surface area contributed by atoms with Gasteiger partial charge in [-0.15, -0.1) is 0 Å². The van der Waals surface area contributed by atoms with E-state index in [0.29, 0.717) is 29.1 Å². The summed E-state index contributed by atoms with van der Waals surface area (Å²) in [6.07, 6.45) is 0.677. The quantitative estimate of drug-likeness (QED) is 0.748. The van der Waals surface area contributed by atoms with Crippen LogP contribution in [0, 0.1) is 0 Å². The summed E-state index contributed by atoms with van der Waals surface area (Å²) in [5.41, 5.74) is 0.891. The maximum absolute atomic E-state index is 13.0. The topological polar surface area (TPSA) is 105 Å². The first kappa shape index (κ1) is 20.5. The van der Waals surface area contributed by atoms with Gasteiger partial charge in [-0.3, -0.25) is 14.3 Å². The summed E-state index contributed by atoms with van der Waals surface area (Å²) in [6.45, 7) is 3.30. The van der Waals surface area contributed by atoms with Crippen molar-refractivity contribution in [2.45, 2.75) is 37.2 Å². The number of likely N-dealkylation sites (N-methyl/N-ethyl adjacent to an activating group) is 1. The van der Waals surface area contributed by atoms with Gasteiger partial charge in [0.05, 0.1) is 27.0 Å². The van der Waals surface area contributed by atoms with E-state index in [1.165, 1.54) is 23.1 Å². The van der Waals surface area contributed by atoms with E-state index in [0.717, 1.165) is 0 Å². The largest absolute Gasteiger partial charge is 0.476 e. The number of anilines is 3. The van der Waals surface area contributed by atoms with Crippen LogP contribution in [0.2, 0.25) is 5.02 Å². The molecule has 0 atom stereocenters. The van der Waals surface area contributed by atoms with Crippen LogP contribution < -0.4 is 19.7 Å². The number of rotatable bonds is 3. The van der Waals surface area contributed by atoms with E-state index in [9.17, 15) is 18.0 Å². The number of fused-ring (bicyclic) bond motifs is 2. The Morgan fingerprint density at radius 3 is 2.63 bits per heavy atom. The van der Waals surface area contributed by atoms with Crippen molar-refractivity contribution in [2.24, 2.45) is 0 Å². The van der Waals surface area contributed by atoms with Crippen LogP contribution in [0.15, 0.2) is 35.2 Å². The van der Waals surface area contributed by atoms with Gasteiger partial charge in [0.2, 0.25) is 5.91 Å². The zero-order chi connectivity index (χ0) is 21.8. The molecule has 0 aromatic heterocycles. The highest BCUT2D eigenvalue weighted by Gasteiger charge is 2.39. The minimum atomic E-state index is -3.95. The normalized spacial score (nSPS) is 17.5. The number of benzene rings is 2. The Hall–Kier alpha value is -2.78. The van der Waals surface area contributed by atoms with Crippen molar-refractivity contribution in [3.05, 3.63) is 40.9 Å². The van der Waals surface area contributed by atoms with E-state index in [-0.39, 0.29) is 33.8 Å². The first-order valence-electron chi connectivity index (χ1n) is 9.24. The average molecular weight is 450 g/mol. The molecule has 0 radical (unpaired) electrons. The van der Waals surface area contributed by atoms with E-state index in [1.54, 1.807) is 33.0 Å². The van der Waals surface area contributed by atoms with Gasteiger partial charge in [-0.2, -0.15) is 0 Å². The van der Waals surface area contributed by atoms with Crippen molar-refractivity contribution in [1.29, 1.82) is 0 Å². The molecule has 4 rings (SSSR count). The molecule has 0 saturated carbocycles. The second-order valence-electron chi connectivity index (χ2n) is 7.75. The van der Waals surface area contributed by atoms with E-state index < -0.39 is 15.6 Å².